The molecule has 1 aromatic carbocycles. The number of nitrogens with zero attached hydrogens (tertiary/aromatic N) is 4. The minimum absolute atomic E-state index is 0.154. The first-order chi connectivity index (χ1) is 14.7. The number of carbonyl (C=O) groups is 1. The predicted octanol–water partition coefficient (Wildman–Crippen LogP) is 3.97. The smallest absolute Gasteiger partial charge is 0.279 e. The van der Waals surface area contributed by atoms with Gasteiger partial charge in [0.25, 0.3) is 11.1 Å². The van der Waals surface area contributed by atoms with Gasteiger partial charge in [-0.25, -0.2) is 9.97 Å². The number of benzene rings is 1. The Morgan fingerprint density at radius 1 is 1.20 bits per heavy atom. The molecule has 2 aliphatic rings. The van der Waals surface area contributed by atoms with E-state index in [1.54, 1.807) is 18.4 Å². The summed E-state index contributed by atoms with van der Waals surface area (Å²) >= 11 is 2.95. The molecule has 9 heteroatoms. The van der Waals surface area contributed by atoms with Gasteiger partial charge < -0.3 is 15.0 Å². The Bertz CT molecular complexity index is 1040. The highest BCUT2D eigenvalue weighted by Gasteiger charge is 2.30. The molecule has 158 valence electrons. The van der Waals surface area contributed by atoms with Gasteiger partial charge in [0.05, 0.1) is 16.4 Å². The highest BCUT2D eigenvalue weighted by Crippen LogP contribution is 2.35. The number of ether oxygens (including phenoxy) is 1. The Kier molecular flexibility index (Phi) is 5.58. The molecule has 30 heavy (non-hydrogen) atoms. The van der Waals surface area contributed by atoms with Crippen LogP contribution >= 0.6 is 22.7 Å². The molecule has 1 amide bonds. The van der Waals surface area contributed by atoms with E-state index in [0.717, 1.165) is 28.4 Å². The maximum atomic E-state index is 11.7. The van der Waals surface area contributed by atoms with Crippen molar-refractivity contribution in [2.75, 3.05) is 38.1 Å². The molecule has 2 fully saturated rings. The van der Waals surface area contributed by atoms with Crippen LogP contribution in [0.5, 0.6) is 10.9 Å². The highest BCUT2D eigenvalue weighted by molar-refractivity contribution is 7.22. The number of aromatic nitrogens is 2. The molecule has 0 aliphatic carbocycles. The van der Waals surface area contributed by atoms with Crippen LogP contribution in [0, 0.1) is 0 Å². The monoisotopic (exact) mass is 443 g/mol. The van der Waals surface area contributed by atoms with Crippen LogP contribution in [-0.4, -0.2) is 60.0 Å². The van der Waals surface area contributed by atoms with Crippen molar-refractivity contribution >= 4 is 43.9 Å². The number of anilines is 1. The van der Waals surface area contributed by atoms with Crippen LogP contribution in [-0.2, 0) is 0 Å². The molecule has 0 saturated carbocycles. The van der Waals surface area contributed by atoms with Gasteiger partial charge in [0.1, 0.15) is 10.6 Å². The van der Waals surface area contributed by atoms with E-state index >= 15 is 0 Å². The number of thiazole rings is 2. The van der Waals surface area contributed by atoms with Gasteiger partial charge in [0.15, 0.2) is 5.13 Å². The van der Waals surface area contributed by atoms with Gasteiger partial charge in [-0.05, 0) is 44.5 Å². The zero-order chi connectivity index (χ0) is 20.5. The maximum absolute atomic E-state index is 11.7. The van der Waals surface area contributed by atoms with Gasteiger partial charge in [-0.3, -0.25) is 9.69 Å². The molecule has 1 unspecified atom stereocenters. The molecule has 1 N–H and O–H groups in total. The van der Waals surface area contributed by atoms with E-state index in [9.17, 15) is 4.79 Å². The van der Waals surface area contributed by atoms with E-state index < -0.39 is 0 Å². The van der Waals surface area contributed by atoms with E-state index in [-0.39, 0.29) is 5.91 Å². The van der Waals surface area contributed by atoms with Gasteiger partial charge in [0, 0.05) is 32.2 Å². The zero-order valence-corrected chi connectivity index (χ0v) is 18.6. The van der Waals surface area contributed by atoms with Gasteiger partial charge >= 0.3 is 0 Å². The number of hydrogen-bond donors (Lipinski definition) is 1. The van der Waals surface area contributed by atoms with Gasteiger partial charge in [0.2, 0.25) is 0 Å². The van der Waals surface area contributed by atoms with Crippen molar-refractivity contribution < 1.29 is 9.53 Å². The van der Waals surface area contributed by atoms with Crippen LogP contribution in [0.2, 0.25) is 0 Å². The van der Waals surface area contributed by atoms with Crippen molar-refractivity contribution in [2.45, 2.75) is 31.7 Å². The van der Waals surface area contributed by atoms with Crippen LogP contribution in [0.25, 0.3) is 10.2 Å². The van der Waals surface area contributed by atoms with Crippen LogP contribution < -0.4 is 15.0 Å². The Balaban J connectivity index is 1.28. The van der Waals surface area contributed by atoms with Crippen LogP contribution in [0.3, 0.4) is 0 Å². The lowest BCUT2D eigenvalue weighted by atomic mass is 10.1. The fraction of sp³-hybridized carbons (Fsp3) is 0.476. The number of piperidine rings is 1. The summed E-state index contributed by atoms with van der Waals surface area (Å²) in [5.74, 6) is 0.557. The minimum Gasteiger partial charge on any atom is -0.431 e. The number of rotatable bonds is 5. The molecule has 0 spiro atoms. The molecule has 1 atom stereocenters. The summed E-state index contributed by atoms with van der Waals surface area (Å²) in [5.41, 5.74) is 0.994. The fourth-order valence-electron chi connectivity index (χ4n) is 4.22. The van der Waals surface area contributed by atoms with Crippen molar-refractivity contribution in [1.82, 2.24) is 20.2 Å². The van der Waals surface area contributed by atoms with Crippen molar-refractivity contribution in [3.05, 3.63) is 29.3 Å². The van der Waals surface area contributed by atoms with Crippen molar-refractivity contribution in [2.24, 2.45) is 0 Å². The summed E-state index contributed by atoms with van der Waals surface area (Å²) < 4.78 is 6.98. The predicted molar refractivity (Wildman–Crippen MR) is 121 cm³/mol. The first-order valence-electron chi connectivity index (χ1n) is 10.4. The summed E-state index contributed by atoms with van der Waals surface area (Å²) in [7, 11) is 1.60. The van der Waals surface area contributed by atoms with Crippen molar-refractivity contribution in [1.29, 1.82) is 0 Å². The van der Waals surface area contributed by atoms with Crippen LogP contribution in [0.15, 0.2) is 24.4 Å². The standard InChI is InChI=1S/C21H25N5O2S2/c1-22-19(27)18-12-23-21(30-18)28-15-5-6-16-17(11-15)29-20(24-16)26-10-7-14(13-26)25-8-3-2-4-9-25/h5-6,11-12,14H,2-4,7-10,13H2,1H3,(H,22,27). The third kappa shape index (κ3) is 4.01. The number of fused-ring (bicyclic) bond motifs is 1. The average molecular weight is 444 g/mol. The molecule has 0 radical (unpaired) electrons. The topological polar surface area (TPSA) is 70.6 Å². The number of amides is 1. The van der Waals surface area contributed by atoms with E-state index in [0.29, 0.717) is 21.9 Å². The molecule has 2 aromatic heterocycles. The first kappa shape index (κ1) is 19.7. The molecule has 2 aliphatic heterocycles. The number of likely N-dealkylation sites (tertiary alicyclic amines) is 1. The van der Waals surface area contributed by atoms with E-state index in [2.05, 4.69) is 20.1 Å². The fourth-order valence-corrected chi connectivity index (χ4v) is 5.98. The number of hydrogen-bond acceptors (Lipinski definition) is 8. The summed E-state index contributed by atoms with van der Waals surface area (Å²) in [4.78, 5) is 26.4. The molecule has 5 rings (SSSR count). The molecular weight excluding hydrogens is 418 g/mol. The molecule has 0 bridgehead atoms. The first-order valence-corrected chi connectivity index (χ1v) is 12.1. The molecule has 3 aromatic rings. The Hall–Kier alpha value is -2.23. The Morgan fingerprint density at radius 2 is 2.07 bits per heavy atom. The lowest BCUT2D eigenvalue weighted by Crippen LogP contribution is -2.40. The number of carbonyl (C=O) groups excluding carboxylic acids is 1. The third-order valence-electron chi connectivity index (χ3n) is 5.83. The van der Waals surface area contributed by atoms with Gasteiger partial charge in [-0.2, -0.15) is 0 Å². The quantitative estimate of drug-likeness (QED) is 0.643. The molecule has 2 saturated heterocycles. The summed E-state index contributed by atoms with van der Waals surface area (Å²) in [6.45, 7) is 4.64. The largest absolute Gasteiger partial charge is 0.431 e. The van der Waals surface area contributed by atoms with Gasteiger partial charge in [-0.15, -0.1) is 0 Å². The summed E-state index contributed by atoms with van der Waals surface area (Å²) in [6.07, 6.45) is 6.81. The molecule has 7 nitrogen and oxygen atoms in total. The summed E-state index contributed by atoms with van der Waals surface area (Å²) in [6, 6.07) is 6.58. The van der Waals surface area contributed by atoms with E-state index in [1.165, 1.54) is 56.3 Å². The van der Waals surface area contributed by atoms with Crippen molar-refractivity contribution in [3.8, 4) is 10.9 Å². The second-order valence-electron chi connectivity index (χ2n) is 7.78. The lowest BCUT2D eigenvalue weighted by molar-refractivity contribution is 0.0967. The lowest BCUT2D eigenvalue weighted by Gasteiger charge is -2.32. The van der Waals surface area contributed by atoms with Crippen LogP contribution in [0.4, 0.5) is 5.13 Å². The second kappa shape index (κ2) is 8.49. The van der Waals surface area contributed by atoms with Crippen LogP contribution in [0.1, 0.15) is 35.4 Å². The third-order valence-corrected chi connectivity index (χ3v) is 7.78. The SMILES string of the molecule is CNC(=O)c1cnc(Oc2ccc3nc(N4CCC(N5CCCCC5)C4)sc3c2)s1. The maximum Gasteiger partial charge on any atom is 0.279 e. The summed E-state index contributed by atoms with van der Waals surface area (Å²) in [5, 5.41) is 4.15. The zero-order valence-electron chi connectivity index (χ0n) is 17.0. The average Bonchev–Trinajstić information content (AvgIpc) is 3.52. The molecule has 4 heterocycles. The minimum atomic E-state index is -0.154. The van der Waals surface area contributed by atoms with E-state index in [1.807, 2.05) is 18.2 Å². The Labute approximate surface area is 183 Å². The van der Waals surface area contributed by atoms with Gasteiger partial charge in [-0.1, -0.05) is 29.1 Å². The van der Waals surface area contributed by atoms with E-state index in [4.69, 9.17) is 9.72 Å². The normalized spacial score (nSPS) is 20.0. The highest BCUT2D eigenvalue weighted by atomic mass is 32.1. The Morgan fingerprint density at radius 3 is 2.90 bits per heavy atom. The number of nitrogens with one attached hydrogen (secondary N) is 1. The van der Waals surface area contributed by atoms with Crippen molar-refractivity contribution in [3.63, 3.8) is 0 Å². The molecular formula is C21H25N5O2S2. The second-order valence-corrected chi connectivity index (χ2v) is 9.79.